The van der Waals surface area contributed by atoms with Crippen molar-refractivity contribution < 1.29 is 9.21 Å². The highest BCUT2D eigenvalue weighted by Crippen LogP contribution is 2.27. The molecule has 1 atom stereocenters. The van der Waals surface area contributed by atoms with Gasteiger partial charge in [-0.2, -0.15) is 0 Å². The molecule has 1 saturated heterocycles. The molecular formula is C21H26N2O2. The first-order valence-corrected chi connectivity index (χ1v) is 9.42. The van der Waals surface area contributed by atoms with Crippen molar-refractivity contribution in [2.45, 2.75) is 45.2 Å². The molecule has 1 amide bonds. The fourth-order valence-electron chi connectivity index (χ4n) is 4.00. The molecule has 4 rings (SSSR count). The fourth-order valence-corrected chi connectivity index (χ4v) is 4.00. The molecule has 0 N–H and O–H groups in total. The molecule has 3 heterocycles. The molecule has 25 heavy (non-hydrogen) atoms. The number of likely N-dealkylation sites (tertiary alicyclic amines) is 1. The predicted molar refractivity (Wildman–Crippen MR) is 97.4 cm³/mol. The molecule has 0 spiro atoms. The van der Waals surface area contributed by atoms with Crippen LogP contribution in [0.25, 0.3) is 0 Å². The van der Waals surface area contributed by atoms with E-state index in [9.17, 15) is 4.79 Å². The lowest BCUT2D eigenvalue weighted by atomic mass is 10.00. The highest BCUT2D eigenvalue weighted by molar-refractivity contribution is 5.91. The number of hydrogen-bond donors (Lipinski definition) is 0. The van der Waals surface area contributed by atoms with E-state index in [1.807, 2.05) is 23.1 Å². The Morgan fingerprint density at radius 1 is 1.00 bits per heavy atom. The van der Waals surface area contributed by atoms with Gasteiger partial charge in [0, 0.05) is 13.1 Å². The van der Waals surface area contributed by atoms with Gasteiger partial charge < -0.3 is 9.32 Å². The molecule has 0 aliphatic carbocycles. The lowest BCUT2D eigenvalue weighted by Crippen LogP contribution is -2.35. The number of fused-ring (bicyclic) bond motifs is 1. The fraction of sp³-hybridized carbons (Fsp3) is 0.476. The second kappa shape index (κ2) is 7.04. The summed E-state index contributed by atoms with van der Waals surface area (Å²) < 4.78 is 5.97. The van der Waals surface area contributed by atoms with Crippen molar-refractivity contribution in [3.63, 3.8) is 0 Å². The molecule has 2 aliphatic rings. The van der Waals surface area contributed by atoms with E-state index in [-0.39, 0.29) is 11.9 Å². The number of piperidine rings is 1. The Labute approximate surface area is 149 Å². The molecule has 0 radical (unpaired) electrons. The summed E-state index contributed by atoms with van der Waals surface area (Å²) in [6.45, 7) is 5.85. The number of carbonyl (C=O) groups excluding carboxylic acids is 1. The first kappa shape index (κ1) is 16.4. The molecule has 0 bridgehead atoms. The SMILES string of the molecule is C[C@H](c1ccc(C(=O)N2CCc3ccccc3C2)o1)N1CCCCC1. The Bertz CT molecular complexity index is 746. The summed E-state index contributed by atoms with van der Waals surface area (Å²) >= 11 is 0. The van der Waals surface area contributed by atoms with E-state index in [2.05, 4.69) is 30.0 Å². The van der Waals surface area contributed by atoms with E-state index < -0.39 is 0 Å². The van der Waals surface area contributed by atoms with E-state index >= 15 is 0 Å². The van der Waals surface area contributed by atoms with Crippen LogP contribution in [-0.2, 0) is 13.0 Å². The van der Waals surface area contributed by atoms with Crippen LogP contribution in [0.2, 0.25) is 0 Å². The summed E-state index contributed by atoms with van der Waals surface area (Å²) in [5.74, 6) is 1.38. The summed E-state index contributed by atoms with van der Waals surface area (Å²) in [6, 6.07) is 12.4. The van der Waals surface area contributed by atoms with Gasteiger partial charge in [-0.15, -0.1) is 0 Å². The van der Waals surface area contributed by atoms with Crippen LogP contribution in [0.4, 0.5) is 0 Å². The van der Waals surface area contributed by atoms with Gasteiger partial charge in [0.15, 0.2) is 5.76 Å². The van der Waals surface area contributed by atoms with Crippen molar-refractivity contribution in [3.8, 4) is 0 Å². The minimum atomic E-state index is 0.00611. The third-order valence-corrected chi connectivity index (χ3v) is 5.61. The Morgan fingerprint density at radius 3 is 2.56 bits per heavy atom. The molecule has 4 heteroatoms. The topological polar surface area (TPSA) is 36.7 Å². The Hall–Kier alpha value is -2.07. The summed E-state index contributed by atoms with van der Waals surface area (Å²) in [7, 11) is 0. The molecule has 0 unspecified atom stereocenters. The van der Waals surface area contributed by atoms with Crippen LogP contribution >= 0.6 is 0 Å². The van der Waals surface area contributed by atoms with Crippen molar-refractivity contribution in [1.29, 1.82) is 0 Å². The number of amides is 1. The number of nitrogens with zero attached hydrogens (tertiary/aromatic N) is 2. The van der Waals surface area contributed by atoms with Crippen LogP contribution in [-0.4, -0.2) is 35.3 Å². The maximum atomic E-state index is 12.8. The number of rotatable bonds is 3. The molecule has 2 aromatic rings. The van der Waals surface area contributed by atoms with Gasteiger partial charge >= 0.3 is 0 Å². The van der Waals surface area contributed by atoms with E-state index in [0.717, 1.165) is 31.8 Å². The Balaban J connectivity index is 1.46. The maximum absolute atomic E-state index is 12.8. The van der Waals surface area contributed by atoms with Crippen LogP contribution < -0.4 is 0 Å². The average molecular weight is 338 g/mol. The van der Waals surface area contributed by atoms with Gasteiger partial charge in [0.25, 0.3) is 5.91 Å². The highest BCUT2D eigenvalue weighted by atomic mass is 16.4. The van der Waals surface area contributed by atoms with Gasteiger partial charge in [0.05, 0.1) is 6.04 Å². The molecule has 0 saturated carbocycles. The highest BCUT2D eigenvalue weighted by Gasteiger charge is 2.26. The predicted octanol–water partition coefficient (Wildman–Crippen LogP) is 4.03. The van der Waals surface area contributed by atoms with Crippen molar-refractivity contribution in [1.82, 2.24) is 9.80 Å². The smallest absolute Gasteiger partial charge is 0.289 e. The second-order valence-corrected chi connectivity index (χ2v) is 7.22. The minimum Gasteiger partial charge on any atom is -0.454 e. The number of hydrogen-bond acceptors (Lipinski definition) is 3. The minimum absolute atomic E-state index is 0.00611. The van der Waals surface area contributed by atoms with Crippen molar-refractivity contribution >= 4 is 5.91 Å². The van der Waals surface area contributed by atoms with Crippen LogP contribution in [0.3, 0.4) is 0 Å². The van der Waals surface area contributed by atoms with Crippen LogP contribution in [0.5, 0.6) is 0 Å². The van der Waals surface area contributed by atoms with Gasteiger partial charge in [-0.1, -0.05) is 30.7 Å². The zero-order valence-electron chi connectivity index (χ0n) is 14.9. The molecule has 2 aliphatic heterocycles. The quantitative estimate of drug-likeness (QED) is 0.848. The Morgan fingerprint density at radius 2 is 1.76 bits per heavy atom. The largest absolute Gasteiger partial charge is 0.454 e. The molecule has 1 aromatic heterocycles. The van der Waals surface area contributed by atoms with Gasteiger partial charge in [0.2, 0.25) is 0 Å². The summed E-state index contributed by atoms with van der Waals surface area (Å²) in [5, 5.41) is 0. The number of carbonyl (C=O) groups is 1. The van der Waals surface area contributed by atoms with Gasteiger partial charge in [-0.25, -0.2) is 0 Å². The monoisotopic (exact) mass is 338 g/mol. The van der Waals surface area contributed by atoms with Gasteiger partial charge in [-0.05, 0) is 62.5 Å². The van der Waals surface area contributed by atoms with Crippen LogP contribution in [0, 0.1) is 0 Å². The standard InChI is InChI=1S/C21H26N2O2/c1-16(22-12-5-2-6-13-22)19-9-10-20(25-19)21(24)23-14-11-17-7-3-4-8-18(17)15-23/h3-4,7-10,16H,2,5-6,11-15H2,1H3/t16-/m1/s1. The first-order valence-electron chi connectivity index (χ1n) is 9.42. The van der Waals surface area contributed by atoms with E-state index in [0.29, 0.717) is 12.3 Å². The molecule has 1 aromatic carbocycles. The molecule has 132 valence electrons. The lowest BCUT2D eigenvalue weighted by Gasteiger charge is -2.31. The lowest BCUT2D eigenvalue weighted by molar-refractivity contribution is 0.0694. The Kier molecular flexibility index (Phi) is 4.62. The summed E-state index contributed by atoms with van der Waals surface area (Å²) in [4.78, 5) is 17.2. The zero-order chi connectivity index (χ0) is 17.2. The number of furan rings is 1. The van der Waals surface area contributed by atoms with Crippen LogP contribution in [0.15, 0.2) is 40.8 Å². The van der Waals surface area contributed by atoms with Gasteiger partial charge in [-0.3, -0.25) is 9.69 Å². The molecule has 1 fully saturated rings. The molecular weight excluding hydrogens is 312 g/mol. The maximum Gasteiger partial charge on any atom is 0.289 e. The van der Waals surface area contributed by atoms with Crippen molar-refractivity contribution in [3.05, 3.63) is 59.0 Å². The van der Waals surface area contributed by atoms with Crippen LogP contribution in [0.1, 0.15) is 59.7 Å². The number of benzene rings is 1. The normalized spacial score (nSPS) is 19.5. The first-order chi connectivity index (χ1) is 12.2. The van der Waals surface area contributed by atoms with E-state index in [1.54, 1.807) is 0 Å². The van der Waals surface area contributed by atoms with Crippen molar-refractivity contribution in [2.24, 2.45) is 0 Å². The average Bonchev–Trinajstić information content (AvgIpc) is 3.17. The van der Waals surface area contributed by atoms with E-state index in [1.165, 1.54) is 30.4 Å². The van der Waals surface area contributed by atoms with E-state index in [4.69, 9.17) is 4.42 Å². The summed E-state index contributed by atoms with van der Waals surface area (Å²) in [5.41, 5.74) is 2.60. The second-order valence-electron chi connectivity index (χ2n) is 7.22. The summed E-state index contributed by atoms with van der Waals surface area (Å²) in [6.07, 6.45) is 4.75. The third-order valence-electron chi connectivity index (χ3n) is 5.61. The molecule has 4 nitrogen and oxygen atoms in total. The van der Waals surface area contributed by atoms with Gasteiger partial charge in [0.1, 0.15) is 5.76 Å². The zero-order valence-corrected chi connectivity index (χ0v) is 14.9. The van der Waals surface area contributed by atoms with Crippen molar-refractivity contribution in [2.75, 3.05) is 19.6 Å². The third kappa shape index (κ3) is 3.36.